The minimum atomic E-state index is -0.665. The van der Waals surface area contributed by atoms with Crippen LogP contribution in [0.5, 0.6) is 0 Å². The SMILES string of the molecule is Cc1cccc(C)c1NC(=O)COC(=O)c1ccc(N2NC(=O)CCC2=O)cc1. The van der Waals surface area contributed by atoms with E-state index < -0.39 is 18.5 Å². The lowest BCUT2D eigenvalue weighted by molar-refractivity contribution is -0.130. The summed E-state index contributed by atoms with van der Waals surface area (Å²) in [5.41, 5.74) is 5.68. The van der Waals surface area contributed by atoms with Crippen molar-refractivity contribution < 1.29 is 23.9 Å². The zero-order valence-electron chi connectivity index (χ0n) is 16.2. The second-order valence-corrected chi connectivity index (χ2v) is 6.70. The summed E-state index contributed by atoms with van der Waals surface area (Å²) < 4.78 is 5.06. The van der Waals surface area contributed by atoms with Crippen LogP contribution in [-0.2, 0) is 19.1 Å². The highest BCUT2D eigenvalue weighted by molar-refractivity contribution is 6.01. The summed E-state index contributed by atoms with van der Waals surface area (Å²) in [6.07, 6.45) is 0.287. The third-order valence-electron chi connectivity index (χ3n) is 4.49. The van der Waals surface area contributed by atoms with E-state index in [1.165, 1.54) is 24.3 Å². The number of hydrogen-bond donors (Lipinski definition) is 2. The molecule has 0 bridgehead atoms. The second kappa shape index (κ2) is 8.55. The summed E-state index contributed by atoms with van der Waals surface area (Å²) in [5, 5.41) is 3.90. The highest BCUT2D eigenvalue weighted by Gasteiger charge is 2.24. The third kappa shape index (κ3) is 4.78. The van der Waals surface area contributed by atoms with Gasteiger partial charge < -0.3 is 10.1 Å². The highest BCUT2D eigenvalue weighted by atomic mass is 16.5. The second-order valence-electron chi connectivity index (χ2n) is 6.70. The molecule has 0 saturated carbocycles. The number of carbonyl (C=O) groups is 4. The number of hydrogen-bond acceptors (Lipinski definition) is 5. The number of hydrazine groups is 1. The van der Waals surface area contributed by atoms with Crippen LogP contribution < -0.4 is 15.8 Å². The molecule has 2 aromatic rings. The number of esters is 1. The first-order chi connectivity index (χ1) is 13.8. The van der Waals surface area contributed by atoms with Gasteiger partial charge in [0.15, 0.2) is 6.61 Å². The monoisotopic (exact) mass is 395 g/mol. The van der Waals surface area contributed by atoms with Gasteiger partial charge in [-0.15, -0.1) is 0 Å². The maximum absolute atomic E-state index is 12.2. The molecule has 3 amide bonds. The van der Waals surface area contributed by atoms with Crippen molar-refractivity contribution in [3.8, 4) is 0 Å². The van der Waals surface area contributed by atoms with Crippen molar-refractivity contribution in [3.63, 3.8) is 0 Å². The first-order valence-electron chi connectivity index (χ1n) is 9.11. The molecular weight excluding hydrogens is 374 g/mol. The van der Waals surface area contributed by atoms with Gasteiger partial charge in [-0.3, -0.25) is 19.8 Å². The van der Waals surface area contributed by atoms with Gasteiger partial charge in [-0.1, -0.05) is 18.2 Å². The van der Waals surface area contributed by atoms with E-state index >= 15 is 0 Å². The fourth-order valence-corrected chi connectivity index (χ4v) is 2.93. The van der Waals surface area contributed by atoms with Gasteiger partial charge in [0, 0.05) is 18.5 Å². The van der Waals surface area contributed by atoms with Gasteiger partial charge in [-0.25, -0.2) is 9.80 Å². The average Bonchev–Trinajstić information content (AvgIpc) is 2.71. The van der Waals surface area contributed by atoms with E-state index in [1.807, 2.05) is 32.0 Å². The van der Waals surface area contributed by atoms with E-state index in [4.69, 9.17) is 4.74 Å². The van der Waals surface area contributed by atoms with Crippen LogP contribution in [0, 0.1) is 13.8 Å². The first kappa shape index (κ1) is 20.1. The van der Waals surface area contributed by atoms with E-state index in [0.717, 1.165) is 16.1 Å². The van der Waals surface area contributed by atoms with E-state index in [1.54, 1.807) is 0 Å². The fraction of sp³-hybridized carbons (Fsp3) is 0.238. The van der Waals surface area contributed by atoms with Crippen molar-refractivity contribution in [1.82, 2.24) is 5.43 Å². The Kier molecular flexibility index (Phi) is 5.92. The molecule has 1 saturated heterocycles. The molecule has 3 rings (SSSR count). The number of amides is 3. The number of ether oxygens (including phenoxy) is 1. The summed E-state index contributed by atoms with van der Waals surface area (Å²) in [5.74, 6) is -1.58. The highest BCUT2D eigenvalue weighted by Crippen LogP contribution is 2.20. The summed E-state index contributed by atoms with van der Waals surface area (Å²) in [4.78, 5) is 47.7. The lowest BCUT2D eigenvalue weighted by atomic mass is 10.1. The van der Waals surface area contributed by atoms with Crippen molar-refractivity contribution in [2.45, 2.75) is 26.7 Å². The first-order valence-corrected chi connectivity index (χ1v) is 9.11. The van der Waals surface area contributed by atoms with Gasteiger partial charge in [0.05, 0.1) is 11.3 Å². The predicted molar refractivity (Wildman–Crippen MR) is 106 cm³/mol. The molecule has 1 aliphatic rings. The van der Waals surface area contributed by atoms with Crippen molar-refractivity contribution >= 4 is 35.1 Å². The zero-order chi connectivity index (χ0) is 21.0. The number of anilines is 2. The molecule has 8 heteroatoms. The van der Waals surface area contributed by atoms with Crippen LogP contribution in [0.15, 0.2) is 42.5 Å². The molecule has 0 unspecified atom stereocenters. The maximum atomic E-state index is 12.2. The number of para-hydroxylation sites is 1. The Labute approximate surface area is 167 Å². The summed E-state index contributed by atoms with van der Waals surface area (Å²) in [7, 11) is 0. The van der Waals surface area contributed by atoms with Crippen LogP contribution in [0.4, 0.5) is 11.4 Å². The van der Waals surface area contributed by atoms with Crippen molar-refractivity contribution in [1.29, 1.82) is 0 Å². The zero-order valence-corrected chi connectivity index (χ0v) is 16.2. The molecule has 150 valence electrons. The molecule has 29 heavy (non-hydrogen) atoms. The smallest absolute Gasteiger partial charge is 0.338 e. The van der Waals surface area contributed by atoms with Crippen molar-refractivity contribution in [2.75, 3.05) is 16.9 Å². The van der Waals surface area contributed by atoms with Crippen LogP contribution in [0.25, 0.3) is 0 Å². The third-order valence-corrected chi connectivity index (χ3v) is 4.49. The minimum absolute atomic E-state index is 0.130. The Morgan fingerprint density at radius 1 is 1.03 bits per heavy atom. The lowest BCUT2D eigenvalue weighted by Gasteiger charge is -2.27. The molecule has 0 spiro atoms. The quantitative estimate of drug-likeness (QED) is 0.756. The van der Waals surface area contributed by atoms with Gasteiger partial charge in [-0.05, 0) is 49.2 Å². The molecule has 0 aromatic heterocycles. The molecule has 2 aromatic carbocycles. The number of carbonyl (C=O) groups excluding carboxylic acids is 4. The topological polar surface area (TPSA) is 105 Å². The molecule has 0 atom stereocenters. The van der Waals surface area contributed by atoms with Crippen LogP contribution >= 0.6 is 0 Å². The van der Waals surface area contributed by atoms with Crippen LogP contribution in [0.3, 0.4) is 0 Å². The minimum Gasteiger partial charge on any atom is -0.452 e. The number of aryl methyl sites for hydroxylation is 2. The molecule has 1 aliphatic heterocycles. The van der Waals surface area contributed by atoms with Gasteiger partial charge in [0.1, 0.15) is 0 Å². The number of nitrogens with zero attached hydrogens (tertiary/aromatic N) is 1. The number of rotatable bonds is 5. The largest absolute Gasteiger partial charge is 0.452 e. The maximum Gasteiger partial charge on any atom is 0.338 e. The normalized spacial score (nSPS) is 13.7. The molecule has 2 N–H and O–H groups in total. The molecule has 0 radical (unpaired) electrons. The van der Waals surface area contributed by atoms with E-state index in [2.05, 4.69) is 10.7 Å². The van der Waals surface area contributed by atoms with Gasteiger partial charge in [0.2, 0.25) is 11.8 Å². The van der Waals surface area contributed by atoms with Crippen LogP contribution in [0.2, 0.25) is 0 Å². The van der Waals surface area contributed by atoms with Crippen LogP contribution in [0.1, 0.15) is 34.3 Å². The Morgan fingerprint density at radius 2 is 1.69 bits per heavy atom. The lowest BCUT2D eigenvalue weighted by Crippen LogP contribution is -2.50. The predicted octanol–water partition coefficient (Wildman–Crippen LogP) is 2.26. The standard InChI is InChI=1S/C21H21N3O5/c1-13-4-3-5-14(2)20(13)22-18(26)12-29-21(28)15-6-8-16(9-7-15)24-19(27)11-10-17(25)23-24/h3-9H,10-12H2,1-2H3,(H,22,26)(H,23,25). The number of benzene rings is 2. The average molecular weight is 395 g/mol. The molecule has 8 nitrogen and oxygen atoms in total. The Hall–Kier alpha value is -3.68. The fourth-order valence-electron chi connectivity index (χ4n) is 2.93. The van der Waals surface area contributed by atoms with Crippen LogP contribution in [-0.4, -0.2) is 30.3 Å². The Bertz CT molecular complexity index is 949. The van der Waals surface area contributed by atoms with Gasteiger partial charge in [-0.2, -0.15) is 0 Å². The summed E-state index contributed by atoms with van der Waals surface area (Å²) in [6, 6.07) is 11.6. The summed E-state index contributed by atoms with van der Waals surface area (Å²) in [6.45, 7) is 3.34. The molecule has 1 fully saturated rings. The molecule has 1 heterocycles. The van der Waals surface area contributed by atoms with E-state index in [0.29, 0.717) is 11.4 Å². The van der Waals surface area contributed by atoms with Crippen molar-refractivity contribution in [3.05, 3.63) is 59.2 Å². The summed E-state index contributed by atoms with van der Waals surface area (Å²) >= 11 is 0. The Morgan fingerprint density at radius 3 is 2.34 bits per heavy atom. The molecule has 0 aliphatic carbocycles. The van der Waals surface area contributed by atoms with E-state index in [-0.39, 0.29) is 30.2 Å². The van der Waals surface area contributed by atoms with Gasteiger partial charge >= 0.3 is 5.97 Å². The Balaban J connectivity index is 1.57. The molecular formula is C21H21N3O5. The number of nitrogens with one attached hydrogen (secondary N) is 2. The van der Waals surface area contributed by atoms with E-state index in [9.17, 15) is 19.2 Å². The van der Waals surface area contributed by atoms with Crippen molar-refractivity contribution in [2.24, 2.45) is 0 Å². The van der Waals surface area contributed by atoms with Gasteiger partial charge in [0.25, 0.3) is 5.91 Å².